The number of hydrogen-bond acceptors (Lipinski definition) is 4. The van der Waals surface area contributed by atoms with Gasteiger partial charge in [0.15, 0.2) is 6.20 Å². The average Bonchev–Trinajstić information content (AvgIpc) is 2.91. The smallest absolute Gasteiger partial charge is 0.539 e. The molecule has 0 spiro atoms. The second kappa shape index (κ2) is 5.28. The number of nitrogens with zero attached hydrogens (tertiary/aromatic N) is 1. The molecule has 23 heavy (non-hydrogen) atoms. The van der Waals surface area contributed by atoms with Gasteiger partial charge in [0.2, 0.25) is 5.69 Å². The SMILES string of the molecule is O=C([O-])c1cccc[n+]1C(=O)OC1=CC=C2C1=CC=CC2(F)F. The minimum Gasteiger partial charge on any atom is -0.539 e. The molecule has 3 rings (SSSR count). The van der Waals surface area contributed by atoms with Crippen molar-refractivity contribution in [2.45, 2.75) is 5.92 Å². The zero-order valence-corrected chi connectivity index (χ0v) is 11.5. The predicted molar refractivity (Wildman–Crippen MR) is 71.2 cm³/mol. The van der Waals surface area contributed by atoms with Crippen LogP contribution in [0, 0.1) is 0 Å². The van der Waals surface area contributed by atoms with Crippen LogP contribution in [-0.4, -0.2) is 18.0 Å². The van der Waals surface area contributed by atoms with Crippen molar-refractivity contribution in [3.05, 3.63) is 77.4 Å². The van der Waals surface area contributed by atoms with Crippen molar-refractivity contribution in [2.75, 3.05) is 0 Å². The molecule has 0 bridgehead atoms. The molecular formula is C16H9F2NO4. The molecule has 7 heteroatoms. The molecule has 1 aromatic heterocycles. The van der Waals surface area contributed by atoms with Crippen molar-refractivity contribution in [3.63, 3.8) is 0 Å². The van der Waals surface area contributed by atoms with Gasteiger partial charge in [0, 0.05) is 23.3 Å². The van der Waals surface area contributed by atoms with Crippen molar-refractivity contribution in [1.82, 2.24) is 0 Å². The fourth-order valence-corrected chi connectivity index (χ4v) is 2.29. The summed E-state index contributed by atoms with van der Waals surface area (Å²) < 4.78 is 33.2. The lowest BCUT2D eigenvalue weighted by Gasteiger charge is -2.19. The van der Waals surface area contributed by atoms with Crippen molar-refractivity contribution < 1.29 is 32.8 Å². The summed E-state index contributed by atoms with van der Waals surface area (Å²) in [4.78, 5) is 23.1. The van der Waals surface area contributed by atoms with Crippen LogP contribution in [0.4, 0.5) is 13.6 Å². The van der Waals surface area contributed by atoms with E-state index in [2.05, 4.69) is 0 Å². The Kier molecular flexibility index (Phi) is 3.40. The maximum Gasteiger partial charge on any atom is 0.608 e. The van der Waals surface area contributed by atoms with Crippen LogP contribution in [-0.2, 0) is 4.74 Å². The molecule has 1 aromatic rings. The van der Waals surface area contributed by atoms with E-state index in [0.29, 0.717) is 0 Å². The highest BCUT2D eigenvalue weighted by Gasteiger charge is 2.39. The summed E-state index contributed by atoms with van der Waals surface area (Å²) in [5, 5.41) is 11.0. The summed E-state index contributed by atoms with van der Waals surface area (Å²) in [5.41, 5.74) is -0.606. The fraction of sp³-hybridized carbons (Fsp3) is 0.0625. The van der Waals surface area contributed by atoms with Gasteiger partial charge < -0.3 is 14.6 Å². The number of carboxylic acids is 1. The Morgan fingerprint density at radius 1 is 1.17 bits per heavy atom. The van der Waals surface area contributed by atoms with E-state index in [-0.39, 0.29) is 16.9 Å². The number of aromatic carboxylic acids is 1. The first-order valence-corrected chi connectivity index (χ1v) is 6.55. The van der Waals surface area contributed by atoms with E-state index in [1.807, 2.05) is 0 Å². The number of rotatable bonds is 2. The third-order valence-corrected chi connectivity index (χ3v) is 3.35. The van der Waals surface area contributed by atoms with Crippen molar-refractivity contribution >= 4 is 12.1 Å². The third-order valence-electron chi connectivity index (χ3n) is 3.35. The number of fused-ring (bicyclic) bond motifs is 1. The number of ether oxygens (including phenoxy) is 1. The Balaban J connectivity index is 1.85. The molecule has 0 amide bonds. The standard InChI is InChI=1S/C16H9F2NO4/c17-16(18)8-3-4-10-11(16)6-7-13(10)23-15(22)19-9-2-1-5-12(19)14(20)21/h1-9H. The number of carbonyl (C=O) groups is 2. The van der Waals surface area contributed by atoms with Crippen LogP contribution in [0.1, 0.15) is 10.5 Å². The van der Waals surface area contributed by atoms with Crippen molar-refractivity contribution in [2.24, 2.45) is 0 Å². The summed E-state index contributed by atoms with van der Waals surface area (Å²) >= 11 is 0. The van der Waals surface area contributed by atoms with Crippen LogP contribution in [0.2, 0.25) is 0 Å². The molecule has 0 unspecified atom stereocenters. The van der Waals surface area contributed by atoms with Gasteiger partial charge in [-0.15, -0.1) is 0 Å². The van der Waals surface area contributed by atoms with E-state index >= 15 is 0 Å². The zero-order chi connectivity index (χ0) is 16.6. The van der Waals surface area contributed by atoms with Gasteiger partial charge in [-0.3, -0.25) is 0 Å². The van der Waals surface area contributed by atoms with E-state index in [1.54, 1.807) is 0 Å². The largest absolute Gasteiger partial charge is 0.608 e. The highest BCUT2D eigenvalue weighted by atomic mass is 19.3. The number of hydrogen-bond donors (Lipinski definition) is 0. The van der Waals surface area contributed by atoms with E-state index in [0.717, 1.165) is 16.7 Å². The predicted octanol–water partition coefficient (Wildman–Crippen LogP) is 1.28. The molecular weight excluding hydrogens is 308 g/mol. The molecule has 5 nitrogen and oxygen atoms in total. The first-order valence-electron chi connectivity index (χ1n) is 6.55. The van der Waals surface area contributed by atoms with Gasteiger partial charge in [0.25, 0.3) is 5.92 Å². The number of carbonyl (C=O) groups excluding carboxylic acids is 2. The van der Waals surface area contributed by atoms with Gasteiger partial charge in [-0.05, 0) is 24.3 Å². The third kappa shape index (κ3) is 2.57. The number of alkyl halides is 2. The first-order chi connectivity index (χ1) is 10.9. The number of pyridine rings is 1. The van der Waals surface area contributed by atoms with Crippen LogP contribution in [0.25, 0.3) is 0 Å². The van der Waals surface area contributed by atoms with Crippen LogP contribution in [0.5, 0.6) is 0 Å². The second-order valence-corrected chi connectivity index (χ2v) is 4.78. The molecule has 0 aliphatic heterocycles. The summed E-state index contributed by atoms with van der Waals surface area (Å²) in [6, 6.07) is 4.01. The average molecular weight is 317 g/mol. The molecule has 0 aromatic carbocycles. The molecule has 0 radical (unpaired) electrons. The van der Waals surface area contributed by atoms with E-state index in [1.165, 1.54) is 42.6 Å². The minimum atomic E-state index is -3.15. The maximum atomic E-state index is 13.7. The van der Waals surface area contributed by atoms with Crippen molar-refractivity contribution in [1.29, 1.82) is 0 Å². The molecule has 0 N–H and O–H groups in total. The number of halogens is 2. The molecule has 2 aliphatic carbocycles. The normalized spacial score (nSPS) is 17.7. The van der Waals surface area contributed by atoms with Gasteiger partial charge in [-0.2, -0.15) is 13.6 Å². The van der Waals surface area contributed by atoms with Gasteiger partial charge in [-0.25, -0.2) is 0 Å². The quantitative estimate of drug-likeness (QED) is 0.771. The molecule has 1 heterocycles. The van der Waals surface area contributed by atoms with Crippen molar-refractivity contribution in [3.8, 4) is 0 Å². The Hall–Kier alpha value is -3.09. The molecule has 2 aliphatic rings. The summed E-state index contributed by atoms with van der Waals surface area (Å²) in [6.45, 7) is 0. The lowest BCUT2D eigenvalue weighted by atomic mass is 9.97. The van der Waals surface area contributed by atoms with Crippen LogP contribution in [0.15, 0.2) is 71.7 Å². The second-order valence-electron chi connectivity index (χ2n) is 4.78. The molecule has 0 atom stereocenters. The Bertz CT molecular complexity index is 834. The van der Waals surface area contributed by atoms with Gasteiger partial charge >= 0.3 is 6.09 Å². The number of allylic oxidation sites excluding steroid dienone is 6. The molecule has 0 saturated heterocycles. The fourth-order valence-electron chi connectivity index (χ4n) is 2.29. The molecule has 0 fully saturated rings. The number of carboxylic acid groups (broad SMARTS) is 1. The van der Waals surface area contributed by atoms with E-state index in [9.17, 15) is 23.5 Å². The van der Waals surface area contributed by atoms with E-state index < -0.39 is 23.7 Å². The monoisotopic (exact) mass is 317 g/mol. The lowest BCUT2D eigenvalue weighted by molar-refractivity contribution is -0.590. The topological polar surface area (TPSA) is 70.3 Å². The Labute approximate surface area is 129 Å². The summed E-state index contributed by atoms with van der Waals surface area (Å²) in [5.74, 6) is -4.78. The minimum absolute atomic E-state index is 0.0744. The van der Waals surface area contributed by atoms with E-state index in [4.69, 9.17) is 4.74 Å². The maximum absolute atomic E-state index is 13.7. The van der Waals surface area contributed by atoms with Gasteiger partial charge in [0.1, 0.15) is 11.7 Å². The van der Waals surface area contributed by atoms with Crippen LogP contribution < -0.4 is 9.67 Å². The lowest BCUT2D eigenvalue weighted by Crippen LogP contribution is -2.50. The first kappa shape index (κ1) is 14.8. The van der Waals surface area contributed by atoms with Crippen LogP contribution in [0.3, 0.4) is 0 Å². The highest BCUT2D eigenvalue weighted by molar-refractivity contribution is 5.83. The zero-order valence-electron chi connectivity index (χ0n) is 11.5. The van der Waals surface area contributed by atoms with Gasteiger partial charge in [0.05, 0.1) is 0 Å². The number of aromatic nitrogens is 1. The Morgan fingerprint density at radius 2 is 1.96 bits per heavy atom. The summed E-state index contributed by atoms with van der Waals surface area (Å²) in [6.07, 6.45) is 5.84. The molecule has 116 valence electrons. The highest BCUT2D eigenvalue weighted by Crippen LogP contribution is 2.41. The summed E-state index contributed by atoms with van der Waals surface area (Å²) in [7, 11) is 0. The Morgan fingerprint density at radius 3 is 2.70 bits per heavy atom. The van der Waals surface area contributed by atoms with Crippen LogP contribution >= 0.6 is 0 Å². The molecule has 0 saturated carbocycles. The van der Waals surface area contributed by atoms with Gasteiger partial charge in [-0.1, -0.05) is 16.7 Å².